The van der Waals surface area contributed by atoms with E-state index in [-0.39, 0.29) is 24.2 Å². The average molecular weight is 312 g/mol. The van der Waals surface area contributed by atoms with E-state index >= 15 is 0 Å². The smallest absolute Gasteiger partial charge is 0.237 e. The minimum Gasteiger partial charge on any atom is -0.351 e. The van der Waals surface area contributed by atoms with E-state index in [0.717, 1.165) is 24.2 Å². The third-order valence-electron chi connectivity index (χ3n) is 3.56. The van der Waals surface area contributed by atoms with Crippen LogP contribution in [-0.2, 0) is 16.1 Å². The van der Waals surface area contributed by atoms with Gasteiger partial charge in [-0.2, -0.15) is 0 Å². The second kappa shape index (κ2) is 8.00. The van der Waals surface area contributed by atoms with Crippen molar-refractivity contribution in [2.45, 2.75) is 38.8 Å². The highest BCUT2D eigenvalue weighted by atomic mass is 35.5. The van der Waals surface area contributed by atoms with Crippen molar-refractivity contribution in [3.05, 3.63) is 29.8 Å². The number of hydrogen-bond acceptors (Lipinski definition) is 3. The molecular formula is C15H22ClN3O2. The van der Waals surface area contributed by atoms with Crippen molar-refractivity contribution in [3.63, 3.8) is 0 Å². The van der Waals surface area contributed by atoms with Crippen LogP contribution in [0.25, 0.3) is 0 Å². The summed E-state index contributed by atoms with van der Waals surface area (Å²) in [4.78, 5) is 25.0. The minimum atomic E-state index is -0.448. The van der Waals surface area contributed by atoms with E-state index in [9.17, 15) is 9.59 Å². The van der Waals surface area contributed by atoms with E-state index in [2.05, 4.69) is 5.32 Å². The fraction of sp³-hybridized carbons (Fsp3) is 0.467. The lowest BCUT2D eigenvalue weighted by atomic mass is 10.2. The number of anilines is 1. The fourth-order valence-electron chi connectivity index (χ4n) is 2.22. The van der Waals surface area contributed by atoms with E-state index in [1.54, 1.807) is 4.90 Å². The molecule has 1 aliphatic heterocycles. The molecule has 1 saturated heterocycles. The summed E-state index contributed by atoms with van der Waals surface area (Å²) in [6.45, 7) is 3.13. The molecule has 1 aromatic carbocycles. The summed E-state index contributed by atoms with van der Waals surface area (Å²) >= 11 is 0. The Morgan fingerprint density at radius 1 is 1.38 bits per heavy atom. The number of halogens is 1. The van der Waals surface area contributed by atoms with Crippen molar-refractivity contribution in [3.8, 4) is 0 Å². The van der Waals surface area contributed by atoms with E-state index in [0.29, 0.717) is 19.4 Å². The molecular weight excluding hydrogens is 290 g/mol. The Labute approximate surface area is 131 Å². The Hall–Kier alpha value is -1.59. The number of carbonyl (C=O) groups is 2. The minimum absolute atomic E-state index is 0. The maximum Gasteiger partial charge on any atom is 0.237 e. The van der Waals surface area contributed by atoms with E-state index in [4.69, 9.17) is 5.73 Å². The van der Waals surface area contributed by atoms with Crippen LogP contribution in [0, 0.1) is 0 Å². The first-order valence-electron chi connectivity index (χ1n) is 7.04. The van der Waals surface area contributed by atoms with Gasteiger partial charge in [-0.15, -0.1) is 12.4 Å². The molecule has 0 spiro atoms. The summed E-state index contributed by atoms with van der Waals surface area (Å²) in [6, 6.07) is 7.25. The maximum absolute atomic E-state index is 11.6. The van der Waals surface area contributed by atoms with Crippen LogP contribution in [-0.4, -0.2) is 24.4 Å². The summed E-state index contributed by atoms with van der Waals surface area (Å²) in [5, 5.41) is 2.80. The van der Waals surface area contributed by atoms with Gasteiger partial charge >= 0.3 is 0 Å². The maximum atomic E-state index is 11.6. The second-order valence-electron chi connectivity index (χ2n) is 5.05. The number of nitrogens with two attached hydrogens (primary N) is 1. The van der Waals surface area contributed by atoms with Crippen LogP contribution >= 0.6 is 12.4 Å². The Morgan fingerprint density at radius 3 is 2.57 bits per heavy atom. The van der Waals surface area contributed by atoms with Gasteiger partial charge in [0.05, 0.1) is 6.04 Å². The highest BCUT2D eigenvalue weighted by Gasteiger charge is 2.21. The number of benzene rings is 1. The molecule has 0 saturated carbocycles. The Morgan fingerprint density at radius 2 is 2.05 bits per heavy atom. The SMILES string of the molecule is CC[C@H](N)C(=O)NCc1ccc(N2CCCC2=O)cc1.Cl. The van der Waals surface area contributed by atoms with Gasteiger partial charge in [0.15, 0.2) is 0 Å². The lowest BCUT2D eigenvalue weighted by Gasteiger charge is -2.16. The summed E-state index contributed by atoms with van der Waals surface area (Å²) in [7, 11) is 0. The molecule has 1 aromatic rings. The van der Waals surface area contributed by atoms with Gasteiger partial charge in [-0.3, -0.25) is 9.59 Å². The number of amides is 2. The Balaban J connectivity index is 0.00000220. The third-order valence-corrected chi connectivity index (χ3v) is 3.56. The van der Waals surface area contributed by atoms with Crippen LogP contribution < -0.4 is 16.0 Å². The topological polar surface area (TPSA) is 75.4 Å². The molecule has 0 unspecified atom stereocenters. The normalized spacial score (nSPS) is 15.5. The quantitative estimate of drug-likeness (QED) is 0.867. The summed E-state index contributed by atoms with van der Waals surface area (Å²) in [5.74, 6) is 0.0475. The third kappa shape index (κ3) is 4.44. The number of rotatable bonds is 5. The molecule has 1 fully saturated rings. The Bertz CT molecular complexity index is 490. The van der Waals surface area contributed by atoms with Gasteiger partial charge < -0.3 is 16.0 Å². The molecule has 0 bridgehead atoms. The van der Waals surface area contributed by atoms with Gasteiger partial charge in [0.25, 0.3) is 0 Å². The molecule has 1 atom stereocenters. The molecule has 21 heavy (non-hydrogen) atoms. The van der Waals surface area contributed by atoms with Gasteiger partial charge in [-0.1, -0.05) is 19.1 Å². The molecule has 2 amide bonds. The van der Waals surface area contributed by atoms with Crippen molar-refractivity contribution in [2.75, 3.05) is 11.4 Å². The number of nitrogens with one attached hydrogen (secondary N) is 1. The van der Waals surface area contributed by atoms with Crippen LogP contribution in [0.15, 0.2) is 24.3 Å². The van der Waals surface area contributed by atoms with E-state index in [1.165, 1.54) is 0 Å². The van der Waals surface area contributed by atoms with Crippen LogP contribution in [0.5, 0.6) is 0 Å². The zero-order chi connectivity index (χ0) is 14.5. The molecule has 5 nitrogen and oxygen atoms in total. The first-order valence-corrected chi connectivity index (χ1v) is 7.04. The highest BCUT2D eigenvalue weighted by molar-refractivity contribution is 5.95. The predicted molar refractivity (Wildman–Crippen MR) is 85.4 cm³/mol. The van der Waals surface area contributed by atoms with Crippen LogP contribution in [0.3, 0.4) is 0 Å². The molecule has 1 aliphatic rings. The lowest BCUT2D eigenvalue weighted by Crippen LogP contribution is -2.39. The standard InChI is InChI=1S/C15H21N3O2.ClH/c1-2-13(16)15(20)17-10-11-5-7-12(8-6-11)18-9-3-4-14(18)19;/h5-8,13H,2-4,9-10,16H2,1H3,(H,17,20);1H/t13-;/m0./s1. The van der Waals surface area contributed by atoms with Crippen LogP contribution in [0.4, 0.5) is 5.69 Å². The molecule has 0 aliphatic carbocycles. The zero-order valence-electron chi connectivity index (χ0n) is 12.2. The average Bonchev–Trinajstić information content (AvgIpc) is 2.90. The summed E-state index contributed by atoms with van der Waals surface area (Å²) < 4.78 is 0. The highest BCUT2D eigenvalue weighted by Crippen LogP contribution is 2.21. The molecule has 6 heteroatoms. The molecule has 0 radical (unpaired) electrons. The van der Waals surface area contributed by atoms with Gasteiger partial charge in [0.2, 0.25) is 11.8 Å². The van der Waals surface area contributed by atoms with Gasteiger partial charge in [0, 0.05) is 25.2 Å². The second-order valence-corrected chi connectivity index (χ2v) is 5.05. The van der Waals surface area contributed by atoms with Gasteiger partial charge in [0.1, 0.15) is 0 Å². The zero-order valence-corrected chi connectivity index (χ0v) is 13.0. The lowest BCUT2D eigenvalue weighted by molar-refractivity contribution is -0.122. The molecule has 116 valence electrons. The van der Waals surface area contributed by atoms with Crippen molar-refractivity contribution in [1.82, 2.24) is 5.32 Å². The summed E-state index contributed by atoms with van der Waals surface area (Å²) in [6.07, 6.45) is 2.18. The van der Waals surface area contributed by atoms with Crippen LogP contribution in [0.1, 0.15) is 31.7 Å². The van der Waals surface area contributed by atoms with E-state index < -0.39 is 6.04 Å². The van der Waals surface area contributed by atoms with Crippen molar-refractivity contribution < 1.29 is 9.59 Å². The molecule has 3 N–H and O–H groups in total. The number of nitrogens with zero attached hydrogens (tertiary/aromatic N) is 1. The van der Waals surface area contributed by atoms with Crippen molar-refractivity contribution in [2.24, 2.45) is 5.73 Å². The van der Waals surface area contributed by atoms with Crippen molar-refractivity contribution >= 4 is 29.9 Å². The van der Waals surface area contributed by atoms with Gasteiger partial charge in [-0.25, -0.2) is 0 Å². The first kappa shape index (κ1) is 17.5. The fourth-order valence-corrected chi connectivity index (χ4v) is 2.22. The molecule has 2 rings (SSSR count). The predicted octanol–water partition coefficient (Wildman–Crippen LogP) is 1.59. The van der Waals surface area contributed by atoms with E-state index in [1.807, 2.05) is 31.2 Å². The Kier molecular flexibility index (Phi) is 6.65. The number of carbonyl (C=O) groups excluding carboxylic acids is 2. The monoisotopic (exact) mass is 311 g/mol. The first-order chi connectivity index (χ1) is 9.61. The summed E-state index contributed by atoms with van der Waals surface area (Å²) in [5.41, 5.74) is 7.57. The van der Waals surface area contributed by atoms with Crippen LogP contribution in [0.2, 0.25) is 0 Å². The van der Waals surface area contributed by atoms with Gasteiger partial charge in [-0.05, 0) is 30.5 Å². The van der Waals surface area contributed by atoms with Crippen molar-refractivity contribution in [1.29, 1.82) is 0 Å². The number of hydrogen-bond donors (Lipinski definition) is 2. The molecule has 1 heterocycles. The largest absolute Gasteiger partial charge is 0.351 e. The molecule has 0 aromatic heterocycles.